The van der Waals surface area contributed by atoms with Crippen molar-refractivity contribution >= 4 is 11.6 Å². The summed E-state index contributed by atoms with van der Waals surface area (Å²) in [5.41, 5.74) is 0.671. The number of pyridine rings is 1. The highest BCUT2D eigenvalue weighted by atomic mass is 16.5. The lowest BCUT2D eigenvalue weighted by Crippen LogP contribution is -2.40. The SMILES string of the molecule is CCn1ccnc1CN1CCCC(C(=O)Nc2ccccc2Oc2cccnc2)C1. The van der Waals surface area contributed by atoms with Crippen molar-refractivity contribution in [3.8, 4) is 11.5 Å². The van der Waals surface area contributed by atoms with Crippen LogP contribution in [-0.4, -0.2) is 38.4 Å². The van der Waals surface area contributed by atoms with Crippen LogP contribution in [0.15, 0.2) is 61.2 Å². The average Bonchev–Trinajstić information content (AvgIpc) is 3.23. The summed E-state index contributed by atoms with van der Waals surface area (Å²) in [6.07, 6.45) is 9.07. The number of benzene rings is 1. The Kier molecular flexibility index (Phi) is 6.39. The molecule has 156 valence electrons. The summed E-state index contributed by atoms with van der Waals surface area (Å²) in [6, 6.07) is 11.1. The number of para-hydroxylation sites is 2. The van der Waals surface area contributed by atoms with Gasteiger partial charge in [0.05, 0.1) is 24.3 Å². The molecule has 30 heavy (non-hydrogen) atoms. The fraction of sp³-hybridized carbons (Fsp3) is 0.348. The van der Waals surface area contributed by atoms with Gasteiger partial charge in [0.1, 0.15) is 11.6 Å². The molecule has 0 radical (unpaired) electrons. The van der Waals surface area contributed by atoms with Crippen molar-refractivity contribution in [3.05, 3.63) is 67.0 Å². The van der Waals surface area contributed by atoms with Gasteiger partial charge >= 0.3 is 0 Å². The van der Waals surface area contributed by atoms with Gasteiger partial charge in [-0.05, 0) is 50.6 Å². The van der Waals surface area contributed by atoms with Crippen molar-refractivity contribution in [2.45, 2.75) is 32.9 Å². The summed E-state index contributed by atoms with van der Waals surface area (Å²) < 4.78 is 8.06. The lowest BCUT2D eigenvalue weighted by molar-refractivity contribution is -0.121. The van der Waals surface area contributed by atoms with Crippen LogP contribution in [0.3, 0.4) is 0 Å². The summed E-state index contributed by atoms with van der Waals surface area (Å²) in [7, 11) is 0. The maximum Gasteiger partial charge on any atom is 0.228 e. The number of anilines is 1. The summed E-state index contributed by atoms with van der Waals surface area (Å²) in [5, 5.41) is 3.07. The number of rotatable bonds is 7. The second-order valence-electron chi connectivity index (χ2n) is 7.48. The summed E-state index contributed by atoms with van der Waals surface area (Å²) >= 11 is 0. The molecule has 1 saturated heterocycles. The number of carbonyl (C=O) groups excluding carboxylic acids is 1. The van der Waals surface area contributed by atoms with Crippen LogP contribution in [0.4, 0.5) is 5.69 Å². The molecule has 0 spiro atoms. The minimum Gasteiger partial charge on any atom is -0.454 e. The van der Waals surface area contributed by atoms with Crippen molar-refractivity contribution in [1.29, 1.82) is 0 Å². The quantitative estimate of drug-likeness (QED) is 0.645. The first kappa shape index (κ1) is 20.1. The fourth-order valence-corrected chi connectivity index (χ4v) is 3.82. The van der Waals surface area contributed by atoms with Gasteiger partial charge in [-0.15, -0.1) is 0 Å². The summed E-state index contributed by atoms with van der Waals surface area (Å²) in [5.74, 6) is 2.26. The van der Waals surface area contributed by atoms with E-state index in [-0.39, 0.29) is 11.8 Å². The van der Waals surface area contributed by atoms with Crippen LogP contribution in [0.25, 0.3) is 0 Å². The molecule has 0 saturated carbocycles. The van der Waals surface area contributed by atoms with E-state index in [1.165, 1.54) is 0 Å². The minimum absolute atomic E-state index is 0.0285. The number of carbonyl (C=O) groups is 1. The standard InChI is InChI=1S/C23H27N5O2/c1-2-28-14-12-25-22(28)17-27-13-6-7-18(16-27)23(29)26-20-9-3-4-10-21(20)30-19-8-5-11-24-15-19/h3-5,8-12,14-15,18H,2,6-7,13,16-17H2,1H3,(H,26,29). The normalized spacial score (nSPS) is 16.9. The summed E-state index contributed by atoms with van der Waals surface area (Å²) in [4.78, 5) is 23.9. The molecule has 1 unspecified atom stereocenters. The third kappa shape index (κ3) is 4.86. The molecule has 4 rings (SSSR count). The highest BCUT2D eigenvalue weighted by Crippen LogP contribution is 2.30. The first-order valence-corrected chi connectivity index (χ1v) is 10.4. The molecule has 3 aromatic rings. The van der Waals surface area contributed by atoms with Crippen molar-refractivity contribution in [2.24, 2.45) is 5.92 Å². The number of nitrogens with one attached hydrogen (secondary N) is 1. The molecular weight excluding hydrogens is 378 g/mol. The molecule has 7 heteroatoms. The zero-order valence-corrected chi connectivity index (χ0v) is 17.2. The zero-order valence-electron chi connectivity index (χ0n) is 17.2. The molecule has 1 aliphatic heterocycles. The Labute approximate surface area is 176 Å². The van der Waals surface area contributed by atoms with Gasteiger partial charge in [-0.25, -0.2) is 4.98 Å². The largest absolute Gasteiger partial charge is 0.454 e. The van der Waals surface area contributed by atoms with E-state index < -0.39 is 0 Å². The monoisotopic (exact) mass is 405 g/mol. The van der Waals surface area contributed by atoms with Crippen molar-refractivity contribution in [2.75, 3.05) is 18.4 Å². The predicted molar refractivity (Wildman–Crippen MR) is 115 cm³/mol. The lowest BCUT2D eigenvalue weighted by Gasteiger charge is -2.31. The number of ether oxygens (including phenoxy) is 1. The van der Waals surface area contributed by atoms with E-state index in [9.17, 15) is 4.79 Å². The summed E-state index contributed by atoms with van der Waals surface area (Å²) in [6.45, 7) is 5.50. The highest BCUT2D eigenvalue weighted by molar-refractivity contribution is 5.94. The molecule has 0 aliphatic carbocycles. The van der Waals surface area contributed by atoms with Gasteiger partial charge in [0.2, 0.25) is 5.91 Å². The minimum atomic E-state index is -0.0600. The number of piperidine rings is 1. The van der Waals surface area contributed by atoms with Gasteiger partial charge in [0.15, 0.2) is 5.75 Å². The maximum absolute atomic E-state index is 13.0. The van der Waals surface area contributed by atoms with Crippen LogP contribution < -0.4 is 10.1 Å². The Morgan fingerprint density at radius 1 is 1.23 bits per heavy atom. The van der Waals surface area contributed by atoms with Gasteiger partial charge in [-0.1, -0.05) is 12.1 Å². The number of nitrogens with zero attached hydrogens (tertiary/aromatic N) is 4. The Morgan fingerprint density at radius 2 is 2.13 bits per heavy atom. The number of imidazole rings is 1. The molecular formula is C23H27N5O2. The van der Waals surface area contributed by atoms with Crippen LogP contribution in [0.2, 0.25) is 0 Å². The number of aromatic nitrogens is 3. The van der Waals surface area contributed by atoms with E-state index in [0.717, 1.165) is 44.8 Å². The molecule has 1 N–H and O–H groups in total. The van der Waals surface area contributed by atoms with Gasteiger partial charge in [0, 0.05) is 31.7 Å². The number of hydrogen-bond donors (Lipinski definition) is 1. The van der Waals surface area contributed by atoms with Crippen LogP contribution in [0, 0.1) is 5.92 Å². The van der Waals surface area contributed by atoms with Crippen LogP contribution >= 0.6 is 0 Å². The lowest BCUT2D eigenvalue weighted by atomic mass is 9.97. The molecule has 3 heterocycles. The Hall–Kier alpha value is -3.19. The molecule has 0 bridgehead atoms. The molecule has 7 nitrogen and oxygen atoms in total. The molecule has 1 aromatic carbocycles. The van der Waals surface area contributed by atoms with E-state index in [4.69, 9.17) is 4.74 Å². The number of hydrogen-bond acceptors (Lipinski definition) is 5. The van der Waals surface area contributed by atoms with E-state index in [1.54, 1.807) is 12.4 Å². The third-order valence-electron chi connectivity index (χ3n) is 5.39. The molecule has 2 aromatic heterocycles. The van der Waals surface area contributed by atoms with E-state index >= 15 is 0 Å². The average molecular weight is 406 g/mol. The van der Waals surface area contributed by atoms with Crippen LogP contribution in [-0.2, 0) is 17.9 Å². The van der Waals surface area contributed by atoms with Crippen molar-refractivity contribution < 1.29 is 9.53 Å². The zero-order chi connectivity index (χ0) is 20.8. The van der Waals surface area contributed by atoms with Gasteiger partial charge in [-0.3, -0.25) is 14.7 Å². The number of likely N-dealkylation sites (tertiary alicyclic amines) is 1. The first-order chi connectivity index (χ1) is 14.7. The predicted octanol–water partition coefficient (Wildman–Crippen LogP) is 3.94. The second-order valence-corrected chi connectivity index (χ2v) is 7.48. The van der Waals surface area contributed by atoms with E-state index in [1.807, 2.05) is 48.8 Å². The van der Waals surface area contributed by atoms with E-state index in [0.29, 0.717) is 17.2 Å². The Bertz CT molecular complexity index is 972. The molecule has 1 atom stereocenters. The fourth-order valence-electron chi connectivity index (χ4n) is 3.82. The highest BCUT2D eigenvalue weighted by Gasteiger charge is 2.27. The molecule has 1 amide bonds. The maximum atomic E-state index is 13.0. The van der Waals surface area contributed by atoms with Crippen molar-refractivity contribution in [3.63, 3.8) is 0 Å². The smallest absolute Gasteiger partial charge is 0.228 e. The van der Waals surface area contributed by atoms with Crippen molar-refractivity contribution in [1.82, 2.24) is 19.4 Å². The van der Waals surface area contributed by atoms with Gasteiger partial charge in [0.25, 0.3) is 0 Å². The van der Waals surface area contributed by atoms with E-state index in [2.05, 4.69) is 31.7 Å². The Morgan fingerprint density at radius 3 is 2.97 bits per heavy atom. The third-order valence-corrected chi connectivity index (χ3v) is 5.39. The molecule has 1 fully saturated rings. The molecule has 1 aliphatic rings. The number of aryl methyl sites for hydroxylation is 1. The van der Waals surface area contributed by atoms with Crippen LogP contribution in [0.5, 0.6) is 11.5 Å². The van der Waals surface area contributed by atoms with Crippen LogP contribution in [0.1, 0.15) is 25.6 Å². The first-order valence-electron chi connectivity index (χ1n) is 10.4. The van der Waals surface area contributed by atoms with Gasteiger partial charge in [-0.2, -0.15) is 0 Å². The van der Waals surface area contributed by atoms with Gasteiger partial charge < -0.3 is 14.6 Å². The number of amides is 1. The topological polar surface area (TPSA) is 72.3 Å². The second kappa shape index (κ2) is 9.54. The Balaban J connectivity index is 1.40.